The summed E-state index contributed by atoms with van der Waals surface area (Å²) in [4.78, 5) is 0. The van der Waals surface area contributed by atoms with Gasteiger partial charge < -0.3 is 5.11 Å². The van der Waals surface area contributed by atoms with Crippen molar-refractivity contribution < 1.29 is 5.11 Å². The maximum Gasteiger partial charge on any atom is 0.0574 e. The van der Waals surface area contributed by atoms with Crippen molar-refractivity contribution in [2.45, 2.75) is 53.1 Å². The lowest BCUT2D eigenvalue weighted by Crippen LogP contribution is -2.57. The highest BCUT2D eigenvalue weighted by Gasteiger charge is 2.57. The fourth-order valence-electron chi connectivity index (χ4n) is 3.78. The molecule has 3 rings (SSSR count). The van der Waals surface area contributed by atoms with Gasteiger partial charge in [-0.25, -0.2) is 0 Å². The normalized spacial score (nSPS) is 45.0. The highest BCUT2D eigenvalue weighted by molar-refractivity contribution is 5.06. The molecule has 14 heavy (non-hydrogen) atoms. The molecule has 0 spiro atoms. The molecule has 0 radical (unpaired) electrons. The van der Waals surface area contributed by atoms with Crippen molar-refractivity contribution >= 4 is 0 Å². The van der Waals surface area contributed by atoms with Crippen molar-refractivity contribution in [3.05, 3.63) is 0 Å². The first-order valence-corrected chi connectivity index (χ1v) is 6.11. The van der Waals surface area contributed by atoms with Gasteiger partial charge in [0, 0.05) is 0 Å². The third kappa shape index (κ3) is 1.41. The van der Waals surface area contributed by atoms with Gasteiger partial charge in [-0.15, -0.1) is 0 Å². The van der Waals surface area contributed by atoms with Crippen molar-refractivity contribution in [3.8, 4) is 0 Å². The van der Waals surface area contributed by atoms with E-state index in [4.69, 9.17) is 0 Å². The zero-order valence-electron chi connectivity index (χ0n) is 9.96. The summed E-state index contributed by atoms with van der Waals surface area (Å²) in [6.07, 6.45) is 3.64. The lowest BCUT2D eigenvalue weighted by atomic mass is 9.44. The molecule has 2 bridgehead atoms. The minimum absolute atomic E-state index is 0.00539. The molecule has 3 fully saturated rings. The number of hydrogen-bond donors (Lipinski definition) is 1. The first-order chi connectivity index (χ1) is 6.43. The fraction of sp³-hybridized carbons (Fsp3) is 1.00. The summed E-state index contributed by atoms with van der Waals surface area (Å²) in [5.74, 6) is 2.89. The highest BCUT2D eigenvalue weighted by atomic mass is 16.3. The molecule has 0 heterocycles. The van der Waals surface area contributed by atoms with E-state index in [1.165, 1.54) is 12.8 Å². The van der Waals surface area contributed by atoms with E-state index in [-0.39, 0.29) is 6.10 Å². The Labute approximate surface area is 87.9 Å². The van der Waals surface area contributed by atoms with Gasteiger partial charge in [-0.3, -0.25) is 0 Å². The third-order valence-electron chi connectivity index (χ3n) is 4.83. The minimum Gasteiger partial charge on any atom is -0.393 e. The van der Waals surface area contributed by atoms with Gasteiger partial charge in [-0.1, -0.05) is 27.7 Å². The SMILES string of the molecule is CC(C)CC1C(O)CC2CC1C2(C)C. The zero-order valence-corrected chi connectivity index (χ0v) is 9.96. The summed E-state index contributed by atoms with van der Waals surface area (Å²) in [5.41, 5.74) is 0.513. The maximum atomic E-state index is 10.1. The van der Waals surface area contributed by atoms with Gasteiger partial charge in [-0.2, -0.15) is 0 Å². The van der Waals surface area contributed by atoms with Crippen LogP contribution in [0.2, 0.25) is 0 Å². The lowest BCUT2D eigenvalue weighted by molar-refractivity contribution is -0.164. The molecule has 4 unspecified atom stereocenters. The van der Waals surface area contributed by atoms with Crippen LogP contribution in [0.15, 0.2) is 0 Å². The largest absolute Gasteiger partial charge is 0.393 e. The molecule has 1 N–H and O–H groups in total. The fourth-order valence-corrected chi connectivity index (χ4v) is 3.78. The Morgan fingerprint density at radius 3 is 2.43 bits per heavy atom. The van der Waals surface area contributed by atoms with Crippen molar-refractivity contribution in [1.29, 1.82) is 0 Å². The standard InChI is InChI=1S/C13H24O/c1-8(2)5-10-11-6-9(7-12(10)14)13(11,3)4/h8-12,14H,5-7H2,1-4H3. The number of aliphatic hydroxyl groups excluding tert-OH is 1. The molecule has 1 heteroatoms. The topological polar surface area (TPSA) is 20.2 Å². The van der Waals surface area contributed by atoms with Crippen molar-refractivity contribution in [2.75, 3.05) is 0 Å². The van der Waals surface area contributed by atoms with Gasteiger partial charge in [0.2, 0.25) is 0 Å². The van der Waals surface area contributed by atoms with E-state index in [1.807, 2.05) is 0 Å². The molecule has 4 atom stereocenters. The monoisotopic (exact) mass is 196 g/mol. The van der Waals surface area contributed by atoms with Crippen LogP contribution in [-0.4, -0.2) is 11.2 Å². The van der Waals surface area contributed by atoms with E-state index in [2.05, 4.69) is 27.7 Å². The predicted molar refractivity (Wildman–Crippen MR) is 58.9 cm³/mol. The molecule has 82 valence electrons. The van der Waals surface area contributed by atoms with E-state index in [0.29, 0.717) is 11.3 Å². The first kappa shape index (κ1) is 10.5. The van der Waals surface area contributed by atoms with Crippen molar-refractivity contribution in [2.24, 2.45) is 29.1 Å². The second-order valence-corrected chi connectivity index (χ2v) is 6.46. The molecule has 0 amide bonds. The van der Waals surface area contributed by atoms with E-state index in [9.17, 15) is 5.11 Å². The van der Waals surface area contributed by atoms with Crippen LogP contribution in [0.4, 0.5) is 0 Å². The van der Waals surface area contributed by atoms with Crippen LogP contribution in [0.25, 0.3) is 0 Å². The molecule has 1 nitrogen and oxygen atoms in total. The minimum atomic E-state index is -0.00539. The Morgan fingerprint density at radius 1 is 1.29 bits per heavy atom. The molecule has 0 aromatic heterocycles. The van der Waals surface area contributed by atoms with E-state index >= 15 is 0 Å². The van der Waals surface area contributed by atoms with Crippen LogP contribution in [0, 0.1) is 29.1 Å². The zero-order chi connectivity index (χ0) is 10.5. The molecular weight excluding hydrogens is 172 g/mol. The quantitative estimate of drug-likeness (QED) is 0.719. The van der Waals surface area contributed by atoms with Gasteiger partial charge in [-0.05, 0) is 48.3 Å². The van der Waals surface area contributed by atoms with E-state index in [0.717, 1.165) is 24.2 Å². The van der Waals surface area contributed by atoms with Gasteiger partial charge in [0.1, 0.15) is 0 Å². The summed E-state index contributed by atoms with van der Waals surface area (Å²) < 4.78 is 0. The smallest absolute Gasteiger partial charge is 0.0574 e. The van der Waals surface area contributed by atoms with Crippen LogP contribution >= 0.6 is 0 Å². The van der Waals surface area contributed by atoms with Gasteiger partial charge in [0.25, 0.3) is 0 Å². The van der Waals surface area contributed by atoms with E-state index in [1.54, 1.807) is 0 Å². The number of aliphatic hydroxyl groups is 1. The van der Waals surface area contributed by atoms with Gasteiger partial charge in [0.15, 0.2) is 0 Å². The summed E-state index contributed by atoms with van der Waals surface area (Å²) in [6.45, 7) is 9.32. The van der Waals surface area contributed by atoms with Crippen LogP contribution in [0.1, 0.15) is 47.0 Å². The van der Waals surface area contributed by atoms with E-state index < -0.39 is 0 Å². The number of rotatable bonds is 2. The third-order valence-corrected chi connectivity index (χ3v) is 4.83. The molecular formula is C13H24O. The summed E-state index contributed by atoms with van der Waals surface area (Å²) in [7, 11) is 0. The Hall–Kier alpha value is -0.0400. The molecule has 0 aromatic rings. The van der Waals surface area contributed by atoms with Crippen molar-refractivity contribution in [3.63, 3.8) is 0 Å². The van der Waals surface area contributed by atoms with Crippen molar-refractivity contribution in [1.82, 2.24) is 0 Å². The molecule has 0 aromatic carbocycles. The predicted octanol–water partition coefficient (Wildman–Crippen LogP) is 3.08. The van der Waals surface area contributed by atoms with Gasteiger partial charge in [0.05, 0.1) is 6.10 Å². The van der Waals surface area contributed by atoms with Crippen LogP contribution < -0.4 is 0 Å². The summed E-state index contributed by atoms with van der Waals surface area (Å²) >= 11 is 0. The number of fused-ring (bicyclic) bond motifs is 2. The molecule has 3 aliphatic carbocycles. The molecule has 0 aliphatic heterocycles. The van der Waals surface area contributed by atoms with Crippen LogP contribution in [-0.2, 0) is 0 Å². The summed E-state index contributed by atoms with van der Waals surface area (Å²) in [6, 6.07) is 0. The average molecular weight is 196 g/mol. The average Bonchev–Trinajstić information content (AvgIpc) is 2.06. The Morgan fingerprint density at radius 2 is 1.93 bits per heavy atom. The number of hydrogen-bond acceptors (Lipinski definition) is 1. The maximum absolute atomic E-state index is 10.1. The highest BCUT2D eigenvalue weighted by Crippen LogP contribution is 2.62. The molecule has 0 saturated heterocycles. The molecule has 3 aliphatic rings. The Kier molecular flexibility index (Phi) is 2.42. The molecule has 3 saturated carbocycles. The lowest BCUT2D eigenvalue weighted by Gasteiger charge is -2.62. The Balaban J connectivity index is 2.07. The van der Waals surface area contributed by atoms with Crippen LogP contribution in [0.3, 0.4) is 0 Å². The van der Waals surface area contributed by atoms with Gasteiger partial charge >= 0.3 is 0 Å². The van der Waals surface area contributed by atoms with Crippen LogP contribution in [0.5, 0.6) is 0 Å². The second kappa shape index (κ2) is 3.23. The Bertz CT molecular complexity index is 219. The summed E-state index contributed by atoms with van der Waals surface area (Å²) in [5, 5.41) is 10.1. The first-order valence-electron chi connectivity index (χ1n) is 6.11. The second-order valence-electron chi connectivity index (χ2n) is 6.46.